The van der Waals surface area contributed by atoms with Crippen LogP contribution in [0.2, 0.25) is 5.02 Å². The van der Waals surface area contributed by atoms with Gasteiger partial charge in [0.25, 0.3) is 0 Å². The first kappa shape index (κ1) is 18.4. The van der Waals surface area contributed by atoms with Crippen LogP contribution in [0.1, 0.15) is 48.1 Å². The summed E-state index contributed by atoms with van der Waals surface area (Å²) in [5, 5.41) is 0.117. The molecule has 0 spiro atoms. The highest BCUT2D eigenvalue weighted by Gasteiger charge is 2.21. The van der Waals surface area contributed by atoms with Gasteiger partial charge in [0.15, 0.2) is 0 Å². The van der Waals surface area contributed by atoms with Gasteiger partial charge in [0.05, 0.1) is 5.75 Å². The molecule has 2 aromatic carbocycles. The molecule has 1 aliphatic rings. The maximum Gasteiger partial charge on any atom is 0.216 e. The Labute approximate surface area is 153 Å². The van der Waals surface area contributed by atoms with Crippen molar-refractivity contribution in [3.63, 3.8) is 0 Å². The van der Waals surface area contributed by atoms with Crippen molar-refractivity contribution in [2.75, 3.05) is 0 Å². The normalized spacial score (nSPS) is 15.6. The van der Waals surface area contributed by atoms with E-state index in [2.05, 4.69) is 16.9 Å². The summed E-state index contributed by atoms with van der Waals surface area (Å²) in [4.78, 5) is 0. The molecule has 0 aromatic heterocycles. The van der Waals surface area contributed by atoms with E-state index >= 15 is 0 Å². The molecule has 0 bridgehead atoms. The van der Waals surface area contributed by atoms with Crippen molar-refractivity contribution in [2.24, 2.45) is 0 Å². The first-order valence-electron chi connectivity index (χ1n) is 8.40. The third kappa shape index (κ3) is 4.40. The van der Waals surface area contributed by atoms with Gasteiger partial charge in [0.1, 0.15) is 5.82 Å². The lowest BCUT2D eigenvalue weighted by molar-refractivity contribution is 0.561. The lowest BCUT2D eigenvalue weighted by atomic mass is 9.89. The van der Waals surface area contributed by atoms with Crippen LogP contribution in [0.3, 0.4) is 0 Å². The molecule has 25 heavy (non-hydrogen) atoms. The molecule has 3 rings (SSSR count). The van der Waals surface area contributed by atoms with Gasteiger partial charge in [-0.15, -0.1) is 0 Å². The van der Waals surface area contributed by atoms with E-state index in [-0.39, 0.29) is 16.6 Å². The van der Waals surface area contributed by atoms with Gasteiger partial charge in [-0.1, -0.05) is 35.9 Å². The van der Waals surface area contributed by atoms with Gasteiger partial charge in [-0.2, -0.15) is 0 Å². The first-order valence-corrected chi connectivity index (χ1v) is 10.4. The average Bonchev–Trinajstić information content (AvgIpc) is 2.57. The molecule has 2 aromatic rings. The third-order valence-corrected chi connectivity index (χ3v) is 6.36. The Morgan fingerprint density at radius 2 is 1.88 bits per heavy atom. The summed E-state index contributed by atoms with van der Waals surface area (Å²) in [6, 6.07) is 9.90. The Balaban J connectivity index is 1.76. The van der Waals surface area contributed by atoms with E-state index in [1.807, 2.05) is 6.07 Å². The second-order valence-corrected chi connectivity index (χ2v) is 8.70. The fourth-order valence-electron chi connectivity index (χ4n) is 3.26. The van der Waals surface area contributed by atoms with Crippen molar-refractivity contribution in [3.05, 3.63) is 69.5 Å². The van der Waals surface area contributed by atoms with Gasteiger partial charge in [-0.05, 0) is 61.4 Å². The zero-order chi connectivity index (χ0) is 18.0. The van der Waals surface area contributed by atoms with Crippen LogP contribution in [0, 0.1) is 5.82 Å². The van der Waals surface area contributed by atoms with E-state index in [4.69, 9.17) is 11.6 Å². The van der Waals surface area contributed by atoms with Crippen LogP contribution in [-0.4, -0.2) is 8.42 Å². The van der Waals surface area contributed by atoms with Gasteiger partial charge < -0.3 is 0 Å². The second-order valence-electron chi connectivity index (χ2n) is 6.53. The topological polar surface area (TPSA) is 46.2 Å². The quantitative estimate of drug-likeness (QED) is 0.826. The lowest BCUT2D eigenvalue weighted by Crippen LogP contribution is -2.28. The molecule has 0 aliphatic heterocycles. The molecule has 0 saturated heterocycles. The standard InChI is InChI=1S/C19H21ClFNO2S/c1-13(15-10-9-14-5-2-3-6-16(14)11-15)22-25(23,24)12-17-18(20)7-4-8-19(17)21/h4,7-11,13,22H,2-3,5-6,12H2,1H3/t13-/m0/s1. The molecule has 0 unspecified atom stereocenters. The predicted molar refractivity (Wildman–Crippen MR) is 98.7 cm³/mol. The summed E-state index contributed by atoms with van der Waals surface area (Å²) in [5.74, 6) is -1.09. The Hall–Kier alpha value is -1.43. The fraction of sp³-hybridized carbons (Fsp3) is 0.368. The van der Waals surface area contributed by atoms with Gasteiger partial charge in [-0.3, -0.25) is 0 Å². The molecule has 0 amide bonds. The minimum atomic E-state index is -3.72. The molecule has 1 aliphatic carbocycles. The largest absolute Gasteiger partial charge is 0.216 e. The van der Waals surface area contributed by atoms with Crippen molar-refractivity contribution < 1.29 is 12.8 Å². The molecule has 0 heterocycles. The highest BCUT2D eigenvalue weighted by Crippen LogP contribution is 2.26. The predicted octanol–water partition coefficient (Wildman–Crippen LogP) is 4.54. The third-order valence-electron chi connectivity index (χ3n) is 4.62. The number of benzene rings is 2. The van der Waals surface area contributed by atoms with Gasteiger partial charge in [0.2, 0.25) is 10.0 Å². The zero-order valence-electron chi connectivity index (χ0n) is 14.1. The minimum Gasteiger partial charge on any atom is -0.212 e. The van der Waals surface area contributed by atoms with Crippen molar-refractivity contribution in [1.29, 1.82) is 0 Å². The smallest absolute Gasteiger partial charge is 0.212 e. The summed E-state index contributed by atoms with van der Waals surface area (Å²) in [6.45, 7) is 1.80. The van der Waals surface area contributed by atoms with Crippen LogP contribution in [-0.2, 0) is 28.6 Å². The van der Waals surface area contributed by atoms with Crippen LogP contribution >= 0.6 is 11.6 Å². The van der Waals surface area contributed by atoms with E-state index in [0.717, 1.165) is 18.4 Å². The molecule has 3 nitrogen and oxygen atoms in total. The highest BCUT2D eigenvalue weighted by atomic mass is 35.5. The van der Waals surface area contributed by atoms with Gasteiger partial charge in [0, 0.05) is 16.6 Å². The van der Waals surface area contributed by atoms with Crippen molar-refractivity contribution in [2.45, 2.75) is 44.4 Å². The number of hydrogen-bond acceptors (Lipinski definition) is 2. The molecule has 0 fully saturated rings. The number of sulfonamides is 1. The van der Waals surface area contributed by atoms with Gasteiger partial charge >= 0.3 is 0 Å². The maximum atomic E-state index is 13.9. The van der Waals surface area contributed by atoms with Crippen LogP contribution < -0.4 is 4.72 Å². The van der Waals surface area contributed by atoms with Crippen LogP contribution in [0.25, 0.3) is 0 Å². The molecule has 1 N–H and O–H groups in total. The Kier molecular flexibility index (Phi) is 5.46. The number of nitrogens with one attached hydrogen (secondary N) is 1. The summed E-state index contributed by atoms with van der Waals surface area (Å²) >= 11 is 5.94. The number of aryl methyl sites for hydroxylation is 2. The molecule has 0 radical (unpaired) electrons. The molecular weight excluding hydrogens is 361 g/mol. The highest BCUT2D eigenvalue weighted by molar-refractivity contribution is 7.88. The van der Waals surface area contributed by atoms with Crippen molar-refractivity contribution in [1.82, 2.24) is 4.72 Å². The summed E-state index contributed by atoms with van der Waals surface area (Å²) < 4.78 is 41.4. The lowest BCUT2D eigenvalue weighted by Gasteiger charge is -2.20. The summed E-state index contributed by atoms with van der Waals surface area (Å²) in [5.41, 5.74) is 3.56. The van der Waals surface area contributed by atoms with Crippen molar-refractivity contribution in [3.8, 4) is 0 Å². The monoisotopic (exact) mass is 381 g/mol. The average molecular weight is 382 g/mol. The van der Waals surface area contributed by atoms with E-state index in [9.17, 15) is 12.8 Å². The SMILES string of the molecule is C[C@H](NS(=O)(=O)Cc1c(F)cccc1Cl)c1ccc2c(c1)CCCC2. The summed E-state index contributed by atoms with van der Waals surface area (Å²) in [6.07, 6.45) is 4.50. The zero-order valence-corrected chi connectivity index (χ0v) is 15.6. The van der Waals surface area contributed by atoms with Gasteiger partial charge in [-0.25, -0.2) is 17.5 Å². The maximum absolute atomic E-state index is 13.9. The van der Waals surface area contributed by atoms with Crippen LogP contribution in [0.5, 0.6) is 0 Å². The van der Waals surface area contributed by atoms with Crippen molar-refractivity contribution >= 4 is 21.6 Å². The summed E-state index contributed by atoms with van der Waals surface area (Å²) in [7, 11) is -3.72. The Bertz CT molecular complexity index is 863. The first-order chi connectivity index (χ1) is 11.9. The number of hydrogen-bond donors (Lipinski definition) is 1. The Morgan fingerprint density at radius 3 is 2.60 bits per heavy atom. The molecule has 6 heteroatoms. The minimum absolute atomic E-state index is 0.00527. The van der Waals surface area contributed by atoms with E-state index in [1.54, 1.807) is 6.92 Å². The Morgan fingerprint density at radius 1 is 1.16 bits per heavy atom. The molecule has 0 saturated carbocycles. The number of halogens is 2. The molecule has 1 atom stereocenters. The van der Waals surface area contributed by atoms with E-state index < -0.39 is 21.6 Å². The number of rotatable bonds is 5. The van der Waals surface area contributed by atoms with Crippen LogP contribution in [0.4, 0.5) is 4.39 Å². The number of fused-ring (bicyclic) bond motifs is 1. The van der Waals surface area contributed by atoms with E-state index in [1.165, 1.54) is 42.2 Å². The second kappa shape index (κ2) is 7.44. The molecular formula is C19H21ClFNO2S. The van der Waals surface area contributed by atoms with E-state index in [0.29, 0.717) is 0 Å². The molecule has 134 valence electrons. The fourth-order valence-corrected chi connectivity index (χ4v) is 5.00. The van der Waals surface area contributed by atoms with Crippen LogP contribution in [0.15, 0.2) is 36.4 Å².